The van der Waals surface area contributed by atoms with E-state index in [4.69, 9.17) is 34.8 Å². The summed E-state index contributed by atoms with van der Waals surface area (Å²) >= 11 is 18.9. The molecule has 3 rings (SSSR count). The van der Waals surface area contributed by atoms with Crippen LogP contribution in [0.4, 0.5) is 5.69 Å². The molecule has 0 bridgehead atoms. The van der Waals surface area contributed by atoms with Crippen LogP contribution in [0.25, 0.3) is 0 Å². The van der Waals surface area contributed by atoms with E-state index in [0.29, 0.717) is 22.0 Å². The molecule has 0 aliphatic carbocycles. The SMILES string of the molecule is CC[C@H](C(=O)N[C@@H](C)CC)N(Cc1ccc(Cl)cc1Cl)C(=O)CN(c1ccccc1Cl)S(=O)(=O)c1ccccc1. The normalized spacial score (nSPS) is 12.8. The smallest absolute Gasteiger partial charge is 0.264 e. The molecule has 0 aliphatic rings. The average Bonchev–Trinajstić information content (AvgIpc) is 2.93. The molecular formula is C29H32Cl3N3O4S. The van der Waals surface area contributed by atoms with Crippen molar-refractivity contribution < 1.29 is 18.0 Å². The van der Waals surface area contributed by atoms with Crippen molar-refractivity contribution in [1.29, 1.82) is 0 Å². The molecule has 2 atom stereocenters. The molecule has 1 N–H and O–H groups in total. The van der Waals surface area contributed by atoms with E-state index in [2.05, 4.69) is 5.32 Å². The van der Waals surface area contributed by atoms with Gasteiger partial charge in [-0.05, 0) is 61.7 Å². The third-order valence-corrected chi connectivity index (χ3v) is 9.15. The summed E-state index contributed by atoms with van der Waals surface area (Å²) in [6.45, 7) is 4.97. The van der Waals surface area contributed by atoms with Crippen LogP contribution in [-0.2, 0) is 26.2 Å². The number of nitrogens with one attached hydrogen (secondary N) is 1. The highest BCUT2D eigenvalue weighted by molar-refractivity contribution is 7.92. The van der Waals surface area contributed by atoms with Crippen LogP contribution in [-0.4, -0.2) is 43.8 Å². The summed E-state index contributed by atoms with van der Waals surface area (Å²) in [6.07, 6.45) is 0.992. The zero-order valence-electron chi connectivity index (χ0n) is 22.5. The number of rotatable bonds is 12. The van der Waals surface area contributed by atoms with Gasteiger partial charge in [0.05, 0.1) is 15.6 Å². The number of nitrogens with zero attached hydrogens (tertiary/aromatic N) is 2. The summed E-state index contributed by atoms with van der Waals surface area (Å²) in [5, 5.41) is 3.84. The predicted octanol–water partition coefficient (Wildman–Crippen LogP) is 6.56. The monoisotopic (exact) mass is 623 g/mol. The molecule has 3 aromatic carbocycles. The van der Waals surface area contributed by atoms with E-state index >= 15 is 0 Å². The highest BCUT2D eigenvalue weighted by Gasteiger charge is 2.34. The summed E-state index contributed by atoms with van der Waals surface area (Å²) in [7, 11) is -4.21. The van der Waals surface area contributed by atoms with Gasteiger partial charge in [-0.15, -0.1) is 0 Å². The molecule has 2 amide bonds. The van der Waals surface area contributed by atoms with E-state index in [-0.39, 0.29) is 40.5 Å². The van der Waals surface area contributed by atoms with Crippen molar-refractivity contribution in [2.24, 2.45) is 0 Å². The molecule has 0 unspecified atom stereocenters. The Morgan fingerprint density at radius 3 is 2.12 bits per heavy atom. The number of carbonyl (C=O) groups is 2. The average molecular weight is 625 g/mol. The van der Waals surface area contributed by atoms with Crippen LogP contribution in [0.3, 0.4) is 0 Å². The number of para-hydroxylation sites is 1. The van der Waals surface area contributed by atoms with Gasteiger partial charge in [0.1, 0.15) is 12.6 Å². The second kappa shape index (κ2) is 14.2. The Kier molecular flexibility index (Phi) is 11.3. The van der Waals surface area contributed by atoms with Crippen LogP contribution < -0.4 is 9.62 Å². The zero-order chi connectivity index (χ0) is 29.4. The Morgan fingerprint density at radius 1 is 0.875 bits per heavy atom. The minimum Gasteiger partial charge on any atom is -0.352 e. The van der Waals surface area contributed by atoms with E-state index in [1.54, 1.807) is 61.5 Å². The highest BCUT2D eigenvalue weighted by atomic mass is 35.5. The maximum atomic E-state index is 14.1. The number of carbonyl (C=O) groups excluding carboxylic acids is 2. The van der Waals surface area contributed by atoms with Crippen LogP contribution in [0.1, 0.15) is 39.2 Å². The van der Waals surface area contributed by atoms with E-state index in [0.717, 1.165) is 4.31 Å². The fourth-order valence-corrected chi connectivity index (χ4v) is 6.29. The molecule has 40 heavy (non-hydrogen) atoms. The first kappa shape index (κ1) is 31.7. The van der Waals surface area contributed by atoms with Crippen LogP contribution >= 0.6 is 34.8 Å². The standard InChI is InChI=1S/C29H32Cl3N3O4S/c1-4-20(3)33-29(37)26(5-2)34(18-21-15-16-22(30)17-25(21)32)28(36)19-35(27-14-10-9-13-24(27)31)40(38,39)23-11-7-6-8-12-23/h6-17,20,26H,4-5,18-19H2,1-3H3,(H,33,37)/t20-,26+/m0/s1. The summed E-state index contributed by atoms with van der Waals surface area (Å²) in [6, 6.07) is 18.0. The minimum absolute atomic E-state index is 0.00318. The number of benzene rings is 3. The van der Waals surface area contributed by atoms with Crippen LogP contribution in [0.15, 0.2) is 77.7 Å². The molecule has 214 valence electrons. The fraction of sp³-hybridized carbons (Fsp3) is 0.310. The van der Waals surface area contributed by atoms with Crippen LogP contribution in [0, 0.1) is 0 Å². The molecule has 0 saturated heterocycles. The van der Waals surface area contributed by atoms with Crippen molar-refractivity contribution in [3.05, 3.63) is 93.4 Å². The Bertz CT molecular complexity index is 1440. The molecule has 11 heteroatoms. The molecule has 0 aliphatic heterocycles. The largest absolute Gasteiger partial charge is 0.352 e. The Hall–Kier alpha value is -2.78. The Balaban J connectivity index is 2.08. The maximum absolute atomic E-state index is 14.1. The van der Waals surface area contributed by atoms with Gasteiger partial charge in [0.15, 0.2) is 0 Å². The lowest BCUT2D eigenvalue weighted by Crippen LogP contribution is -2.53. The first-order valence-corrected chi connectivity index (χ1v) is 15.4. The van der Waals surface area contributed by atoms with E-state index in [1.807, 2.05) is 13.8 Å². The fourth-order valence-electron chi connectivity index (χ4n) is 4.08. The highest BCUT2D eigenvalue weighted by Crippen LogP contribution is 2.31. The summed E-state index contributed by atoms with van der Waals surface area (Å²) in [4.78, 5) is 28.8. The van der Waals surface area contributed by atoms with E-state index in [9.17, 15) is 18.0 Å². The number of sulfonamides is 1. The lowest BCUT2D eigenvalue weighted by atomic mass is 10.1. The zero-order valence-corrected chi connectivity index (χ0v) is 25.6. The first-order valence-electron chi connectivity index (χ1n) is 12.9. The van der Waals surface area contributed by atoms with E-state index in [1.165, 1.54) is 23.1 Å². The van der Waals surface area contributed by atoms with Gasteiger partial charge in [0.25, 0.3) is 10.0 Å². The molecule has 7 nitrogen and oxygen atoms in total. The lowest BCUT2D eigenvalue weighted by Gasteiger charge is -2.34. The van der Waals surface area contributed by atoms with Gasteiger partial charge in [0.2, 0.25) is 11.8 Å². The molecule has 3 aromatic rings. The molecule has 0 fully saturated rings. The van der Waals surface area contributed by atoms with Gasteiger partial charge in [-0.3, -0.25) is 13.9 Å². The number of halogens is 3. The Labute approximate surface area is 251 Å². The summed E-state index contributed by atoms with van der Waals surface area (Å²) < 4.78 is 28.6. The molecule has 0 saturated carbocycles. The second-order valence-corrected chi connectivity index (χ2v) is 12.4. The van der Waals surface area contributed by atoms with Gasteiger partial charge in [0, 0.05) is 22.6 Å². The number of anilines is 1. The summed E-state index contributed by atoms with van der Waals surface area (Å²) in [5.74, 6) is -0.943. The van der Waals surface area contributed by atoms with Gasteiger partial charge in [-0.25, -0.2) is 8.42 Å². The van der Waals surface area contributed by atoms with Gasteiger partial charge < -0.3 is 10.2 Å². The maximum Gasteiger partial charge on any atom is 0.264 e. The Morgan fingerprint density at radius 2 is 1.52 bits per heavy atom. The van der Waals surface area contributed by atoms with Crippen molar-refractivity contribution >= 4 is 62.3 Å². The van der Waals surface area contributed by atoms with Crippen molar-refractivity contribution in [2.75, 3.05) is 10.8 Å². The van der Waals surface area contributed by atoms with E-state index < -0.39 is 28.5 Å². The van der Waals surface area contributed by atoms with Gasteiger partial charge >= 0.3 is 0 Å². The number of hydrogen-bond donors (Lipinski definition) is 1. The van der Waals surface area contributed by atoms with Crippen LogP contribution in [0.2, 0.25) is 15.1 Å². The topological polar surface area (TPSA) is 86.8 Å². The van der Waals surface area contributed by atoms with Crippen molar-refractivity contribution in [3.63, 3.8) is 0 Å². The third-order valence-electron chi connectivity index (χ3n) is 6.47. The lowest BCUT2D eigenvalue weighted by molar-refractivity contribution is -0.140. The molecule has 0 radical (unpaired) electrons. The van der Waals surface area contributed by atoms with Gasteiger partial charge in [-0.1, -0.05) is 85.0 Å². The molecule has 0 aromatic heterocycles. The molecular weight excluding hydrogens is 593 g/mol. The summed E-state index contributed by atoms with van der Waals surface area (Å²) in [5.41, 5.74) is 0.701. The number of hydrogen-bond acceptors (Lipinski definition) is 4. The third kappa shape index (κ3) is 7.69. The minimum atomic E-state index is -4.21. The predicted molar refractivity (Wildman–Crippen MR) is 161 cm³/mol. The first-order chi connectivity index (χ1) is 19.0. The molecule has 0 heterocycles. The van der Waals surface area contributed by atoms with Crippen molar-refractivity contribution in [3.8, 4) is 0 Å². The second-order valence-electron chi connectivity index (χ2n) is 9.28. The quantitative estimate of drug-likeness (QED) is 0.247. The van der Waals surface area contributed by atoms with Gasteiger partial charge in [-0.2, -0.15) is 0 Å². The van der Waals surface area contributed by atoms with Crippen molar-refractivity contribution in [2.45, 2.75) is 57.1 Å². The van der Waals surface area contributed by atoms with Crippen LogP contribution in [0.5, 0.6) is 0 Å². The number of amides is 2. The van der Waals surface area contributed by atoms with Crippen molar-refractivity contribution in [1.82, 2.24) is 10.2 Å². The molecule has 0 spiro atoms.